The first-order valence-electron chi connectivity index (χ1n) is 8.82. The van der Waals surface area contributed by atoms with Crippen LogP contribution in [0, 0.1) is 5.41 Å². The highest BCUT2D eigenvalue weighted by atomic mass is 16.6. The van der Waals surface area contributed by atoms with Gasteiger partial charge in [0.05, 0.1) is 13.5 Å². The van der Waals surface area contributed by atoms with Crippen LogP contribution in [0.1, 0.15) is 45.6 Å². The number of rotatable bonds is 4. The summed E-state index contributed by atoms with van der Waals surface area (Å²) in [7, 11) is 1.42. The van der Waals surface area contributed by atoms with Gasteiger partial charge in [0.25, 0.3) is 0 Å². The van der Waals surface area contributed by atoms with Gasteiger partial charge in [0, 0.05) is 13.1 Å². The number of methoxy groups -OCH3 is 1. The Labute approximate surface area is 150 Å². The molecule has 0 aliphatic carbocycles. The molecule has 0 bridgehead atoms. The molecule has 5 heteroatoms. The van der Waals surface area contributed by atoms with Gasteiger partial charge in [0.1, 0.15) is 5.60 Å². The van der Waals surface area contributed by atoms with E-state index in [-0.39, 0.29) is 17.5 Å². The van der Waals surface area contributed by atoms with Crippen LogP contribution in [0.4, 0.5) is 4.79 Å². The van der Waals surface area contributed by atoms with Gasteiger partial charge in [-0.25, -0.2) is 4.79 Å². The van der Waals surface area contributed by atoms with Crippen molar-refractivity contribution in [2.45, 2.75) is 52.1 Å². The van der Waals surface area contributed by atoms with E-state index in [2.05, 4.69) is 12.1 Å². The van der Waals surface area contributed by atoms with Crippen molar-refractivity contribution < 1.29 is 19.1 Å². The van der Waals surface area contributed by atoms with E-state index in [0.29, 0.717) is 19.5 Å². The zero-order valence-corrected chi connectivity index (χ0v) is 15.7. The van der Waals surface area contributed by atoms with Gasteiger partial charge < -0.3 is 14.4 Å². The molecule has 1 aromatic carbocycles. The lowest BCUT2D eigenvalue weighted by Crippen LogP contribution is -2.46. The van der Waals surface area contributed by atoms with E-state index in [1.807, 2.05) is 39.0 Å². The lowest BCUT2D eigenvalue weighted by molar-refractivity contribution is -0.144. The lowest BCUT2D eigenvalue weighted by Gasteiger charge is -2.41. The highest BCUT2D eigenvalue weighted by Gasteiger charge is 2.39. The van der Waals surface area contributed by atoms with Crippen molar-refractivity contribution in [3.63, 3.8) is 0 Å². The zero-order chi connectivity index (χ0) is 18.5. The van der Waals surface area contributed by atoms with Gasteiger partial charge in [-0.05, 0) is 51.0 Å². The average molecular weight is 347 g/mol. The Morgan fingerprint density at radius 1 is 1.12 bits per heavy atom. The van der Waals surface area contributed by atoms with E-state index < -0.39 is 5.60 Å². The average Bonchev–Trinajstić information content (AvgIpc) is 2.54. The topological polar surface area (TPSA) is 55.8 Å². The number of likely N-dealkylation sites (tertiary alicyclic amines) is 1. The summed E-state index contributed by atoms with van der Waals surface area (Å²) in [6, 6.07) is 10.2. The molecule has 0 saturated carbocycles. The summed E-state index contributed by atoms with van der Waals surface area (Å²) in [4.78, 5) is 26.0. The third-order valence-corrected chi connectivity index (χ3v) is 4.64. The van der Waals surface area contributed by atoms with Gasteiger partial charge in [0.2, 0.25) is 0 Å². The second-order valence-corrected chi connectivity index (χ2v) is 7.88. The molecule has 0 unspecified atom stereocenters. The number of ether oxygens (including phenoxy) is 2. The maximum absolute atomic E-state index is 12.3. The maximum Gasteiger partial charge on any atom is 0.410 e. The first-order chi connectivity index (χ1) is 11.7. The number of amides is 1. The highest BCUT2D eigenvalue weighted by molar-refractivity contribution is 5.71. The van der Waals surface area contributed by atoms with Gasteiger partial charge in [-0.3, -0.25) is 4.79 Å². The molecule has 0 spiro atoms. The summed E-state index contributed by atoms with van der Waals surface area (Å²) in [5.74, 6) is -0.193. The molecular weight excluding hydrogens is 318 g/mol. The van der Waals surface area contributed by atoms with Gasteiger partial charge in [-0.15, -0.1) is 0 Å². The molecule has 1 amide bonds. The quantitative estimate of drug-likeness (QED) is 0.777. The molecule has 25 heavy (non-hydrogen) atoms. The van der Waals surface area contributed by atoms with Crippen molar-refractivity contribution in [2.24, 2.45) is 5.41 Å². The smallest absolute Gasteiger partial charge is 0.410 e. The molecule has 2 rings (SSSR count). The van der Waals surface area contributed by atoms with E-state index in [1.54, 1.807) is 4.90 Å². The Morgan fingerprint density at radius 2 is 1.72 bits per heavy atom. The largest absolute Gasteiger partial charge is 0.469 e. The first kappa shape index (κ1) is 19.3. The number of nitrogens with zero attached hydrogens (tertiary/aromatic N) is 1. The van der Waals surface area contributed by atoms with E-state index in [0.717, 1.165) is 19.3 Å². The molecule has 1 fully saturated rings. The second kappa shape index (κ2) is 7.89. The van der Waals surface area contributed by atoms with Crippen molar-refractivity contribution in [2.75, 3.05) is 20.2 Å². The summed E-state index contributed by atoms with van der Waals surface area (Å²) in [6.45, 7) is 6.79. The van der Waals surface area contributed by atoms with E-state index in [1.165, 1.54) is 12.7 Å². The van der Waals surface area contributed by atoms with Crippen LogP contribution in [-0.4, -0.2) is 42.8 Å². The molecule has 0 atom stereocenters. The van der Waals surface area contributed by atoms with Gasteiger partial charge >= 0.3 is 12.1 Å². The summed E-state index contributed by atoms with van der Waals surface area (Å²) in [6.07, 6.45) is 2.43. The molecule has 1 saturated heterocycles. The normalized spacial score (nSPS) is 17.0. The predicted molar refractivity (Wildman–Crippen MR) is 96.3 cm³/mol. The summed E-state index contributed by atoms with van der Waals surface area (Å²) < 4.78 is 10.4. The standard InChI is InChI=1S/C20H29NO4/c1-19(2,3)25-18(23)21-12-10-20(11-13-21,15-17(22)24-4)14-16-8-6-5-7-9-16/h5-9H,10-15H2,1-4H3. The van der Waals surface area contributed by atoms with Gasteiger partial charge in [-0.1, -0.05) is 30.3 Å². The maximum atomic E-state index is 12.3. The number of benzene rings is 1. The van der Waals surface area contributed by atoms with E-state index in [4.69, 9.17) is 9.47 Å². The molecular formula is C20H29NO4. The van der Waals surface area contributed by atoms with Crippen molar-refractivity contribution in [3.05, 3.63) is 35.9 Å². The van der Waals surface area contributed by atoms with Crippen LogP contribution in [0.15, 0.2) is 30.3 Å². The third kappa shape index (κ3) is 5.76. The molecule has 5 nitrogen and oxygen atoms in total. The summed E-state index contributed by atoms with van der Waals surface area (Å²) in [5.41, 5.74) is 0.534. The molecule has 0 aromatic heterocycles. The molecule has 1 aromatic rings. The Morgan fingerprint density at radius 3 is 2.24 bits per heavy atom. The van der Waals surface area contributed by atoms with Crippen LogP contribution in [0.2, 0.25) is 0 Å². The van der Waals surface area contributed by atoms with Crippen LogP contribution in [0.3, 0.4) is 0 Å². The van der Waals surface area contributed by atoms with E-state index >= 15 is 0 Å². The Balaban J connectivity index is 2.06. The van der Waals surface area contributed by atoms with Crippen molar-refractivity contribution in [1.82, 2.24) is 4.90 Å². The Kier molecular flexibility index (Phi) is 6.09. The molecule has 1 aliphatic heterocycles. The zero-order valence-electron chi connectivity index (χ0n) is 15.7. The van der Waals surface area contributed by atoms with Crippen molar-refractivity contribution in [3.8, 4) is 0 Å². The summed E-state index contributed by atoms with van der Waals surface area (Å²) >= 11 is 0. The fourth-order valence-corrected chi connectivity index (χ4v) is 3.31. The minimum Gasteiger partial charge on any atom is -0.469 e. The highest BCUT2D eigenvalue weighted by Crippen LogP contribution is 2.39. The molecule has 1 aliphatic rings. The number of esters is 1. The second-order valence-electron chi connectivity index (χ2n) is 7.88. The third-order valence-electron chi connectivity index (χ3n) is 4.64. The number of carbonyl (C=O) groups excluding carboxylic acids is 2. The van der Waals surface area contributed by atoms with Crippen LogP contribution >= 0.6 is 0 Å². The van der Waals surface area contributed by atoms with Crippen LogP contribution in [-0.2, 0) is 20.7 Å². The molecule has 0 radical (unpaired) electrons. The summed E-state index contributed by atoms with van der Waals surface area (Å²) in [5, 5.41) is 0. The van der Waals surface area contributed by atoms with Crippen LogP contribution < -0.4 is 0 Å². The first-order valence-corrected chi connectivity index (χ1v) is 8.82. The predicted octanol–water partition coefficient (Wildman–Crippen LogP) is 3.81. The van der Waals surface area contributed by atoms with Gasteiger partial charge in [-0.2, -0.15) is 0 Å². The SMILES string of the molecule is COC(=O)CC1(Cc2ccccc2)CCN(C(=O)OC(C)(C)C)CC1. The Bertz CT molecular complexity index is 583. The fourth-order valence-electron chi connectivity index (χ4n) is 3.31. The number of hydrogen-bond acceptors (Lipinski definition) is 4. The Hall–Kier alpha value is -2.04. The van der Waals surface area contributed by atoms with Crippen molar-refractivity contribution in [1.29, 1.82) is 0 Å². The van der Waals surface area contributed by atoms with Crippen LogP contribution in [0.5, 0.6) is 0 Å². The van der Waals surface area contributed by atoms with E-state index in [9.17, 15) is 9.59 Å². The van der Waals surface area contributed by atoms with Crippen LogP contribution in [0.25, 0.3) is 0 Å². The minimum atomic E-state index is -0.498. The number of hydrogen-bond donors (Lipinski definition) is 0. The molecule has 138 valence electrons. The molecule has 0 N–H and O–H groups in total. The lowest BCUT2D eigenvalue weighted by atomic mass is 9.71. The number of carbonyl (C=O) groups is 2. The number of piperidine rings is 1. The molecule has 1 heterocycles. The monoisotopic (exact) mass is 347 g/mol. The van der Waals surface area contributed by atoms with Crippen molar-refractivity contribution >= 4 is 12.1 Å². The fraction of sp³-hybridized carbons (Fsp3) is 0.600. The van der Waals surface area contributed by atoms with Gasteiger partial charge in [0.15, 0.2) is 0 Å². The minimum absolute atomic E-state index is 0.174.